The molecular weight excluding hydrogens is 240 g/mol. The number of rotatable bonds is 0. The van der Waals surface area contributed by atoms with Crippen LogP contribution in [-0.2, 0) is 0 Å². The van der Waals surface area contributed by atoms with Gasteiger partial charge >= 0.3 is 0 Å². The number of nitrogen functional groups attached to an aromatic ring is 1. The van der Waals surface area contributed by atoms with Gasteiger partial charge in [-0.3, -0.25) is 0 Å². The molecule has 2 N–H and O–H groups in total. The van der Waals surface area contributed by atoms with Crippen LogP contribution in [0.1, 0.15) is 19.4 Å². The third kappa shape index (κ3) is 2.66. The molecule has 0 aromatic heterocycles. The lowest BCUT2D eigenvalue weighted by Crippen LogP contribution is -1.98. The van der Waals surface area contributed by atoms with E-state index in [0.717, 1.165) is 0 Å². The molecule has 0 saturated heterocycles. The lowest BCUT2D eigenvalue weighted by molar-refractivity contribution is 0.507. The number of hydrogen-bond donors (Lipinski definition) is 1. The van der Waals surface area contributed by atoms with Crippen molar-refractivity contribution in [3.05, 3.63) is 27.7 Å². The largest absolute Gasteiger partial charge is 0.396 e. The fraction of sp³-hybridized carbons (Fsp3) is 0.333. The van der Waals surface area contributed by atoms with E-state index in [9.17, 15) is 8.78 Å². The molecule has 74 valence electrons. The Morgan fingerprint density at radius 1 is 1.23 bits per heavy atom. The van der Waals surface area contributed by atoms with Crippen LogP contribution in [0.25, 0.3) is 0 Å². The summed E-state index contributed by atoms with van der Waals surface area (Å²) in [6, 6.07) is 1.44. The van der Waals surface area contributed by atoms with Crippen LogP contribution in [-0.4, -0.2) is 0 Å². The van der Waals surface area contributed by atoms with Gasteiger partial charge in [-0.05, 0) is 34.5 Å². The van der Waals surface area contributed by atoms with Gasteiger partial charge in [-0.2, -0.15) is 0 Å². The number of anilines is 1. The number of benzene rings is 1. The highest BCUT2D eigenvalue weighted by atomic mass is 79.9. The molecule has 1 rings (SSSR count). The quantitative estimate of drug-likeness (QED) is 0.553. The van der Waals surface area contributed by atoms with Crippen molar-refractivity contribution in [2.45, 2.75) is 20.8 Å². The van der Waals surface area contributed by atoms with E-state index >= 15 is 0 Å². The SMILES string of the molecule is CC.Cc1cc(Br)c(F)c(F)c1N. The van der Waals surface area contributed by atoms with Gasteiger partial charge in [0.1, 0.15) is 0 Å². The maximum absolute atomic E-state index is 12.7. The minimum atomic E-state index is -0.989. The molecule has 0 fully saturated rings. The average Bonchev–Trinajstić information content (AvgIpc) is 2.15. The average molecular weight is 252 g/mol. The van der Waals surface area contributed by atoms with Gasteiger partial charge < -0.3 is 5.73 Å². The highest BCUT2D eigenvalue weighted by molar-refractivity contribution is 9.10. The molecule has 1 nitrogen and oxygen atoms in total. The van der Waals surface area contributed by atoms with Crippen molar-refractivity contribution in [2.24, 2.45) is 0 Å². The smallest absolute Gasteiger partial charge is 0.183 e. The fourth-order valence-electron chi connectivity index (χ4n) is 0.727. The lowest BCUT2D eigenvalue weighted by atomic mass is 10.2. The molecule has 0 bridgehead atoms. The molecule has 0 spiro atoms. The molecule has 4 heteroatoms. The summed E-state index contributed by atoms with van der Waals surface area (Å²) < 4.78 is 25.5. The topological polar surface area (TPSA) is 26.0 Å². The Bertz CT molecular complexity index is 274. The van der Waals surface area contributed by atoms with E-state index in [1.54, 1.807) is 6.92 Å². The maximum Gasteiger partial charge on any atom is 0.183 e. The third-order valence-electron chi connectivity index (χ3n) is 1.41. The Labute approximate surface area is 85.1 Å². The van der Waals surface area contributed by atoms with Crippen molar-refractivity contribution in [3.63, 3.8) is 0 Å². The van der Waals surface area contributed by atoms with E-state index < -0.39 is 11.6 Å². The summed E-state index contributed by atoms with van der Waals surface area (Å²) in [7, 11) is 0. The monoisotopic (exact) mass is 251 g/mol. The highest BCUT2D eigenvalue weighted by Gasteiger charge is 2.11. The summed E-state index contributed by atoms with van der Waals surface area (Å²) in [4.78, 5) is 0. The predicted molar refractivity (Wildman–Crippen MR) is 54.6 cm³/mol. The molecule has 0 heterocycles. The summed E-state index contributed by atoms with van der Waals surface area (Å²) in [5.74, 6) is -1.93. The van der Waals surface area contributed by atoms with Gasteiger partial charge in [0.15, 0.2) is 11.6 Å². The molecule has 0 aliphatic carbocycles. The van der Waals surface area contributed by atoms with Crippen LogP contribution in [0.15, 0.2) is 10.5 Å². The molecular formula is C9H12BrF2N. The number of hydrogen-bond acceptors (Lipinski definition) is 1. The molecule has 13 heavy (non-hydrogen) atoms. The summed E-state index contributed by atoms with van der Waals surface area (Å²) in [6.45, 7) is 5.61. The van der Waals surface area contributed by atoms with Crippen molar-refractivity contribution in [1.29, 1.82) is 0 Å². The highest BCUT2D eigenvalue weighted by Crippen LogP contribution is 2.25. The first kappa shape index (κ1) is 12.4. The minimum absolute atomic E-state index is 0.0988. The van der Waals surface area contributed by atoms with Gasteiger partial charge in [-0.25, -0.2) is 8.78 Å². The van der Waals surface area contributed by atoms with E-state index in [4.69, 9.17) is 5.73 Å². The van der Waals surface area contributed by atoms with Crippen LogP contribution < -0.4 is 5.73 Å². The van der Waals surface area contributed by atoms with Crippen molar-refractivity contribution < 1.29 is 8.78 Å². The van der Waals surface area contributed by atoms with Gasteiger partial charge in [0.05, 0.1) is 10.2 Å². The number of halogens is 3. The van der Waals surface area contributed by atoms with Crippen LogP contribution in [0, 0.1) is 18.6 Å². The lowest BCUT2D eigenvalue weighted by Gasteiger charge is -2.03. The van der Waals surface area contributed by atoms with E-state index in [1.807, 2.05) is 13.8 Å². The second-order valence-corrected chi connectivity index (χ2v) is 3.07. The molecule has 0 atom stereocenters. The first-order valence-electron chi connectivity index (χ1n) is 3.93. The van der Waals surface area contributed by atoms with Crippen molar-refractivity contribution in [3.8, 4) is 0 Å². The van der Waals surface area contributed by atoms with Gasteiger partial charge in [-0.1, -0.05) is 13.8 Å². The molecule has 1 aromatic rings. The predicted octanol–water partition coefficient (Wildman–Crippen LogP) is 3.64. The van der Waals surface area contributed by atoms with Crippen molar-refractivity contribution in [1.82, 2.24) is 0 Å². The Morgan fingerprint density at radius 3 is 2.15 bits per heavy atom. The zero-order valence-electron chi connectivity index (χ0n) is 7.79. The van der Waals surface area contributed by atoms with Crippen LogP contribution in [0.4, 0.5) is 14.5 Å². The maximum atomic E-state index is 12.7. The Kier molecular flexibility index (Phi) is 4.91. The van der Waals surface area contributed by atoms with Gasteiger partial charge in [-0.15, -0.1) is 0 Å². The number of aryl methyl sites for hydroxylation is 1. The van der Waals surface area contributed by atoms with Crippen LogP contribution in [0.2, 0.25) is 0 Å². The normalized spacial score (nSPS) is 9.08. The first-order chi connectivity index (χ1) is 6.04. The van der Waals surface area contributed by atoms with Gasteiger partial charge in [0.2, 0.25) is 0 Å². The second kappa shape index (κ2) is 5.17. The van der Waals surface area contributed by atoms with Crippen molar-refractivity contribution >= 4 is 21.6 Å². The van der Waals surface area contributed by atoms with Crippen LogP contribution >= 0.6 is 15.9 Å². The van der Waals surface area contributed by atoms with Crippen LogP contribution in [0.3, 0.4) is 0 Å². The first-order valence-corrected chi connectivity index (χ1v) is 4.73. The van der Waals surface area contributed by atoms with Crippen LogP contribution in [0.5, 0.6) is 0 Å². The molecule has 0 aliphatic rings. The van der Waals surface area contributed by atoms with E-state index in [-0.39, 0.29) is 10.2 Å². The Hall–Kier alpha value is -0.640. The fourth-order valence-corrected chi connectivity index (χ4v) is 1.24. The molecule has 0 saturated carbocycles. The summed E-state index contributed by atoms with van der Waals surface area (Å²) >= 11 is 2.86. The van der Waals surface area contributed by atoms with Gasteiger partial charge in [0.25, 0.3) is 0 Å². The Balaban J connectivity index is 0.000000671. The summed E-state index contributed by atoms with van der Waals surface area (Å²) in [6.07, 6.45) is 0. The molecule has 0 aliphatic heterocycles. The van der Waals surface area contributed by atoms with Crippen molar-refractivity contribution in [2.75, 3.05) is 5.73 Å². The third-order valence-corrected chi connectivity index (χ3v) is 1.98. The van der Waals surface area contributed by atoms with E-state index in [2.05, 4.69) is 15.9 Å². The Morgan fingerprint density at radius 2 is 1.69 bits per heavy atom. The summed E-state index contributed by atoms with van der Waals surface area (Å²) in [5, 5.41) is 0. The summed E-state index contributed by atoms with van der Waals surface area (Å²) in [5.41, 5.74) is 5.61. The second-order valence-electron chi connectivity index (χ2n) is 2.22. The van der Waals surface area contributed by atoms with Gasteiger partial charge in [0, 0.05) is 0 Å². The van der Waals surface area contributed by atoms with E-state index in [0.29, 0.717) is 5.56 Å². The zero-order valence-corrected chi connectivity index (χ0v) is 9.37. The minimum Gasteiger partial charge on any atom is -0.396 e. The molecule has 0 amide bonds. The molecule has 0 unspecified atom stereocenters. The molecule has 0 radical (unpaired) electrons. The molecule has 1 aromatic carbocycles. The van der Waals surface area contributed by atoms with E-state index in [1.165, 1.54) is 6.07 Å². The zero-order chi connectivity index (χ0) is 10.6. The number of nitrogens with two attached hydrogens (primary N) is 1. The standard InChI is InChI=1S/C7H6BrF2N.C2H6/c1-3-2-4(8)5(9)6(10)7(3)11;1-2/h2H,11H2,1H3;1-2H3.